The number of halogens is 1. The molecule has 1 aromatic carbocycles. The van der Waals surface area contributed by atoms with E-state index in [2.05, 4.69) is 44.0 Å². The Balaban J connectivity index is 1.68. The van der Waals surface area contributed by atoms with E-state index in [9.17, 15) is 9.59 Å². The van der Waals surface area contributed by atoms with E-state index in [-0.39, 0.29) is 24.7 Å². The molecule has 0 bridgehead atoms. The fourth-order valence-electron chi connectivity index (χ4n) is 4.16. The number of nitrogens with zero attached hydrogens (tertiary/aromatic N) is 2. The molecule has 1 aliphatic rings. The highest BCUT2D eigenvalue weighted by molar-refractivity contribution is 9.10. The Kier molecular flexibility index (Phi) is 10.3. The normalized spacial score (nSPS) is 14.7. The number of allylic oxidation sites excluding steroid dienone is 1. The summed E-state index contributed by atoms with van der Waals surface area (Å²) < 4.78 is 6.10. The van der Waals surface area contributed by atoms with Gasteiger partial charge in [-0.25, -0.2) is 4.98 Å². The maximum atomic E-state index is 12.8. The van der Waals surface area contributed by atoms with Gasteiger partial charge in [-0.05, 0) is 83.6 Å². The molecule has 0 radical (unpaired) electrons. The zero-order valence-electron chi connectivity index (χ0n) is 21.4. The summed E-state index contributed by atoms with van der Waals surface area (Å²) in [5.41, 5.74) is 0.0717. The molecular weight excluding hydrogens is 546 g/mol. The third-order valence-corrected chi connectivity index (χ3v) is 6.80. The minimum atomic E-state index is -0.988. The predicted octanol–water partition coefficient (Wildman–Crippen LogP) is 5.19. The Hall–Kier alpha value is -3.90. The number of aromatic nitrogens is 1. The molecule has 0 saturated carbocycles. The minimum absolute atomic E-state index is 0.00205. The highest BCUT2D eigenvalue weighted by Crippen LogP contribution is 2.29. The summed E-state index contributed by atoms with van der Waals surface area (Å²) in [7, 11) is 1.53. The number of rotatable bonds is 10. The number of nitrogens with one attached hydrogen (secondary N) is 3. The number of pyridine rings is 1. The summed E-state index contributed by atoms with van der Waals surface area (Å²) in [5, 5.41) is 14.3. The second-order valence-corrected chi connectivity index (χ2v) is 9.84. The molecule has 3 rings (SSSR count). The fraction of sp³-hybridized carbons (Fsp3) is 0.310. The van der Waals surface area contributed by atoms with Crippen LogP contribution in [0.25, 0.3) is 0 Å². The van der Waals surface area contributed by atoms with Crippen LogP contribution in [0.4, 0.5) is 11.5 Å². The van der Waals surface area contributed by atoms with E-state index < -0.39 is 5.41 Å². The van der Waals surface area contributed by atoms with Gasteiger partial charge in [0, 0.05) is 29.4 Å². The minimum Gasteiger partial charge on any atom is -0.497 e. The van der Waals surface area contributed by atoms with Gasteiger partial charge in [0.25, 0.3) is 0 Å². The lowest BCUT2D eigenvalue weighted by Gasteiger charge is -2.36. The number of amides is 2. The van der Waals surface area contributed by atoms with Gasteiger partial charge >= 0.3 is 0 Å². The summed E-state index contributed by atoms with van der Waals surface area (Å²) in [5.74, 6) is 3.36. The summed E-state index contributed by atoms with van der Waals surface area (Å²) in [4.78, 5) is 31.6. The van der Waals surface area contributed by atoms with Gasteiger partial charge in [-0.1, -0.05) is 18.1 Å². The Bertz CT molecular complexity index is 1250. The highest BCUT2D eigenvalue weighted by Gasteiger charge is 2.32. The van der Waals surface area contributed by atoms with Gasteiger partial charge in [-0.2, -0.15) is 0 Å². The highest BCUT2D eigenvalue weighted by atomic mass is 79.9. The van der Waals surface area contributed by atoms with Crippen molar-refractivity contribution in [2.45, 2.75) is 32.1 Å². The summed E-state index contributed by atoms with van der Waals surface area (Å²) in [6.45, 7) is 5.47. The van der Waals surface area contributed by atoms with Crippen molar-refractivity contribution in [1.29, 1.82) is 5.41 Å². The van der Waals surface area contributed by atoms with Gasteiger partial charge in [0.05, 0.1) is 13.5 Å². The van der Waals surface area contributed by atoms with Crippen molar-refractivity contribution in [3.63, 3.8) is 0 Å². The Labute approximate surface area is 232 Å². The molecule has 8 nitrogen and oxygen atoms in total. The van der Waals surface area contributed by atoms with Crippen LogP contribution in [-0.2, 0) is 16.0 Å². The molecule has 1 atom stereocenters. The zero-order valence-corrected chi connectivity index (χ0v) is 23.0. The van der Waals surface area contributed by atoms with Crippen LogP contribution < -0.4 is 15.4 Å². The van der Waals surface area contributed by atoms with Crippen molar-refractivity contribution in [3.05, 3.63) is 71.4 Å². The third kappa shape index (κ3) is 7.56. The lowest BCUT2D eigenvalue weighted by Crippen LogP contribution is -2.44. The average Bonchev–Trinajstić information content (AvgIpc) is 2.93. The van der Waals surface area contributed by atoms with E-state index in [0.717, 1.165) is 36.8 Å². The molecular formula is C29H32BrN5O3. The number of piperidine rings is 1. The van der Waals surface area contributed by atoms with E-state index in [1.54, 1.807) is 48.7 Å². The number of hydrogen-bond donors (Lipinski definition) is 3. The van der Waals surface area contributed by atoms with Crippen LogP contribution in [0.5, 0.6) is 5.75 Å². The number of methoxy groups -OCH3 is 1. The first-order valence-electron chi connectivity index (χ1n) is 12.3. The van der Waals surface area contributed by atoms with Crippen molar-refractivity contribution < 1.29 is 14.3 Å². The van der Waals surface area contributed by atoms with E-state index in [4.69, 9.17) is 16.6 Å². The first kappa shape index (κ1) is 28.7. The number of benzene rings is 1. The monoisotopic (exact) mass is 577 g/mol. The lowest BCUT2D eigenvalue weighted by atomic mass is 9.82. The number of amidine groups is 1. The van der Waals surface area contributed by atoms with E-state index in [1.807, 2.05) is 4.90 Å². The van der Waals surface area contributed by atoms with Crippen molar-refractivity contribution in [2.24, 2.45) is 5.41 Å². The zero-order chi connectivity index (χ0) is 27.5. The number of anilines is 2. The number of carbonyl (C=O) groups is 2. The van der Waals surface area contributed by atoms with Crippen molar-refractivity contribution in [2.75, 3.05) is 30.8 Å². The van der Waals surface area contributed by atoms with E-state index in [1.165, 1.54) is 13.2 Å². The van der Waals surface area contributed by atoms with Gasteiger partial charge < -0.3 is 20.3 Å². The van der Waals surface area contributed by atoms with Gasteiger partial charge in [0.1, 0.15) is 22.8 Å². The van der Waals surface area contributed by atoms with Gasteiger partial charge in [-0.15, -0.1) is 13.0 Å². The number of terminal acetylenes is 1. The van der Waals surface area contributed by atoms with Crippen LogP contribution in [0.3, 0.4) is 0 Å². The molecule has 0 aliphatic carbocycles. The molecule has 2 aromatic rings. The Morgan fingerprint density at radius 2 is 2.03 bits per heavy atom. The topological polar surface area (TPSA) is 107 Å². The maximum Gasteiger partial charge on any atom is 0.248 e. The third-order valence-electron chi connectivity index (χ3n) is 6.33. The molecule has 38 heavy (non-hydrogen) atoms. The standard InChI is InChI=1S/C29H32BrN5O3/c1-4-29(5-2,28(31)35-16-7-6-8-17-35)15-9-10-26(36)33-24-13-12-23(38-3)18-21(24)19-27(37)34-25-14-11-22(30)20-32-25/h1,5,9-14,18,20,31H,2,6-8,15-17,19H2,3H3,(H,33,36)(H,32,34,37)/b10-9+,31-28?. The van der Waals surface area contributed by atoms with E-state index in [0.29, 0.717) is 28.7 Å². The number of carbonyl (C=O) groups excluding carboxylic acids is 2. The van der Waals surface area contributed by atoms with Crippen molar-refractivity contribution in [3.8, 4) is 18.1 Å². The largest absolute Gasteiger partial charge is 0.497 e. The fourth-order valence-corrected chi connectivity index (χ4v) is 4.40. The van der Waals surface area contributed by atoms with Crippen molar-refractivity contribution >= 4 is 45.1 Å². The summed E-state index contributed by atoms with van der Waals surface area (Å²) in [6.07, 6.45) is 15.6. The van der Waals surface area contributed by atoms with E-state index >= 15 is 0 Å². The van der Waals surface area contributed by atoms with Gasteiger partial charge in [0.2, 0.25) is 11.8 Å². The number of hydrogen-bond acceptors (Lipinski definition) is 5. The first-order valence-corrected chi connectivity index (χ1v) is 13.1. The molecule has 2 amide bonds. The Morgan fingerprint density at radius 1 is 1.26 bits per heavy atom. The second kappa shape index (κ2) is 13.6. The van der Waals surface area contributed by atoms with Crippen LogP contribution in [0, 0.1) is 23.2 Å². The summed E-state index contributed by atoms with van der Waals surface area (Å²) in [6, 6.07) is 8.56. The SMILES string of the molecule is C#CC(C=C)(C/C=C/C(=O)Nc1ccc(OC)cc1CC(=O)Nc1ccc(Br)cn1)C(=N)N1CCCCC1. The predicted molar refractivity (Wildman–Crippen MR) is 154 cm³/mol. The van der Waals surface area contributed by atoms with Crippen LogP contribution in [0.1, 0.15) is 31.2 Å². The average molecular weight is 579 g/mol. The molecule has 3 N–H and O–H groups in total. The molecule has 2 heterocycles. The first-order chi connectivity index (χ1) is 18.3. The molecule has 0 spiro atoms. The molecule has 9 heteroatoms. The number of likely N-dealkylation sites (tertiary alicyclic amines) is 1. The molecule has 1 aliphatic heterocycles. The smallest absolute Gasteiger partial charge is 0.248 e. The van der Waals surface area contributed by atoms with Crippen LogP contribution >= 0.6 is 15.9 Å². The van der Waals surface area contributed by atoms with Crippen LogP contribution in [-0.4, -0.2) is 47.7 Å². The summed E-state index contributed by atoms with van der Waals surface area (Å²) >= 11 is 3.31. The molecule has 198 valence electrons. The van der Waals surface area contributed by atoms with Crippen LogP contribution in [0.2, 0.25) is 0 Å². The van der Waals surface area contributed by atoms with Crippen LogP contribution in [0.15, 0.2) is 65.8 Å². The van der Waals surface area contributed by atoms with Gasteiger partial charge in [-0.3, -0.25) is 15.0 Å². The second-order valence-electron chi connectivity index (χ2n) is 8.92. The Morgan fingerprint density at radius 3 is 2.66 bits per heavy atom. The maximum absolute atomic E-state index is 12.8. The molecule has 1 fully saturated rings. The van der Waals surface area contributed by atoms with Gasteiger partial charge in [0.15, 0.2) is 0 Å². The molecule has 1 aromatic heterocycles. The molecule has 1 saturated heterocycles. The van der Waals surface area contributed by atoms with Crippen molar-refractivity contribution in [1.82, 2.24) is 9.88 Å². The molecule has 1 unspecified atom stereocenters. The number of ether oxygens (including phenoxy) is 1. The quantitative estimate of drug-likeness (QED) is 0.118. The lowest BCUT2D eigenvalue weighted by molar-refractivity contribution is -0.115.